The first-order valence-electron chi connectivity index (χ1n) is 10.7. The van der Waals surface area contributed by atoms with Gasteiger partial charge in [-0.05, 0) is 38.2 Å². The molecule has 3 aliphatic rings. The van der Waals surface area contributed by atoms with Crippen molar-refractivity contribution in [2.24, 2.45) is 4.99 Å². The van der Waals surface area contributed by atoms with E-state index in [0.717, 1.165) is 48.3 Å². The van der Waals surface area contributed by atoms with Gasteiger partial charge in [0.1, 0.15) is 24.8 Å². The maximum Gasteiger partial charge on any atom is 0.408 e. The predicted molar refractivity (Wildman–Crippen MR) is 126 cm³/mol. The first-order valence-corrected chi connectivity index (χ1v) is 13.4. The smallest absolute Gasteiger partial charge is 0.408 e. The largest absolute Gasteiger partial charge is 0.449 e. The number of amides is 1. The lowest BCUT2D eigenvalue weighted by Crippen LogP contribution is -2.51. The van der Waals surface area contributed by atoms with Crippen LogP contribution in [0, 0.1) is 5.82 Å². The van der Waals surface area contributed by atoms with Gasteiger partial charge in [-0.2, -0.15) is 0 Å². The maximum atomic E-state index is 14.6. The van der Waals surface area contributed by atoms with Crippen molar-refractivity contribution < 1.29 is 18.7 Å². The van der Waals surface area contributed by atoms with Crippen LogP contribution in [-0.2, 0) is 17.8 Å². The lowest BCUT2D eigenvalue weighted by Gasteiger charge is -2.42. The Kier molecular flexibility index (Phi) is 5.61. The number of carbonyl (C=O) groups is 2. The molecule has 1 atom stereocenters. The highest BCUT2D eigenvalue weighted by Gasteiger charge is 2.46. The Morgan fingerprint density at radius 3 is 3.06 bits per heavy atom. The van der Waals surface area contributed by atoms with Crippen LogP contribution in [0.4, 0.5) is 9.18 Å². The molecule has 7 nitrogen and oxygen atoms in total. The van der Waals surface area contributed by atoms with Crippen molar-refractivity contribution in [1.82, 2.24) is 14.8 Å². The van der Waals surface area contributed by atoms with E-state index in [0.29, 0.717) is 23.4 Å². The van der Waals surface area contributed by atoms with Crippen LogP contribution in [0.1, 0.15) is 41.4 Å². The predicted octanol–water partition coefficient (Wildman–Crippen LogP) is 3.83. The van der Waals surface area contributed by atoms with Crippen LogP contribution in [0.2, 0.25) is 0 Å². The number of aromatic nitrogens is 1. The summed E-state index contributed by atoms with van der Waals surface area (Å²) in [5.41, 5.74) is 2.76. The Hall–Kier alpha value is -2.20. The molecule has 10 heteroatoms. The normalized spacial score (nSPS) is 21.4. The van der Waals surface area contributed by atoms with Crippen molar-refractivity contribution in [3.8, 4) is 0 Å². The van der Waals surface area contributed by atoms with Crippen molar-refractivity contribution >= 4 is 50.2 Å². The van der Waals surface area contributed by atoms with Crippen molar-refractivity contribution in [1.29, 1.82) is 0 Å². The third-order valence-corrected chi connectivity index (χ3v) is 8.36. The highest BCUT2D eigenvalue weighted by molar-refractivity contribution is 8.76. The lowest BCUT2D eigenvalue weighted by molar-refractivity contribution is 0.100. The van der Waals surface area contributed by atoms with Crippen LogP contribution in [0.15, 0.2) is 17.1 Å². The van der Waals surface area contributed by atoms with Gasteiger partial charge in [0.2, 0.25) is 0 Å². The summed E-state index contributed by atoms with van der Waals surface area (Å²) >= 11 is 0. The first kappa shape index (κ1) is 21.6. The molecule has 1 amide bonds. The molecule has 1 saturated heterocycles. The molecule has 4 heterocycles. The van der Waals surface area contributed by atoms with E-state index in [2.05, 4.69) is 17.1 Å². The molecule has 0 bridgehead atoms. The molecule has 3 aliphatic heterocycles. The molecular formula is C22H25FN4O3S2. The van der Waals surface area contributed by atoms with Gasteiger partial charge in [-0.1, -0.05) is 21.6 Å². The number of benzene rings is 1. The number of fused-ring (bicyclic) bond motifs is 2. The highest BCUT2D eigenvalue weighted by atomic mass is 33.1. The second kappa shape index (κ2) is 8.30. The summed E-state index contributed by atoms with van der Waals surface area (Å²) in [6.07, 6.45) is 4.28. The molecule has 0 aliphatic carbocycles. The number of rotatable bonds is 6. The van der Waals surface area contributed by atoms with E-state index >= 15 is 0 Å². The maximum absolute atomic E-state index is 14.6. The summed E-state index contributed by atoms with van der Waals surface area (Å²) in [5, 5.41) is 3.54. The molecule has 5 rings (SSSR count). The first-order chi connectivity index (χ1) is 15.4. The van der Waals surface area contributed by atoms with Crippen molar-refractivity contribution in [3.63, 3.8) is 0 Å². The third-order valence-electron chi connectivity index (χ3n) is 6.59. The summed E-state index contributed by atoms with van der Waals surface area (Å²) in [6.45, 7) is 3.59. The molecule has 170 valence electrons. The second-order valence-corrected chi connectivity index (χ2v) is 11.2. The fourth-order valence-electron chi connectivity index (χ4n) is 5.22. The average Bonchev–Trinajstić information content (AvgIpc) is 3.24. The number of halogens is 1. The van der Waals surface area contributed by atoms with Crippen molar-refractivity contribution in [2.45, 2.75) is 38.4 Å². The number of carbonyl (C=O) groups excluding carboxylic acids is 2. The Balaban J connectivity index is 1.57. The van der Waals surface area contributed by atoms with Gasteiger partial charge >= 0.3 is 6.09 Å². The summed E-state index contributed by atoms with van der Waals surface area (Å²) in [5.74, 6) is 0.881. The van der Waals surface area contributed by atoms with Crippen LogP contribution in [-0.4, -0.2) is 64.4 Å². The molecular weight excluding hydrogens is 451 g/mol. The summed E-state index contributed by atoms with van der Waals surface area (Å²) in [4.78, 5) is 32.1. The van der Waals surface area contributed by atoms with Crippen molar-refractivity contribution in [3.05, 3.63) is 34.8 Å². The number of alkyl carbamates (subject to hydrolysis) is 1. The van der Waals surface area contributed by atoms with E-state index in [1.54, 1.807) is 21.6 Å². The van der Waals surface area contributed by atoms with Crippen LogP contribution in [0.25, 0.3) is 10.9 Å². The molecule has 32 heavy (non-hydrogen) atoms. The molecule has 0 spiro atoms. The van der Waals surface area contributed by atoms with E-state index in [-0.39, 0.29) is 24.5 Å². The summed E-state index contributed by atoms with van der Waals surface area (Å²) < 4.78 is 21.7. The molecule has 1 aromatic heterocycles. The minimum atomic E-state index is -0.513. The van der Waals surface area contributed by atoms with Crippen LogP contribution >= 0.6 is 21.6 Å². The van der Waals surface area contributed by atoms with E-state index in [4.69, 9.17) is 9.73 Å². The number of ketones is 1. The zero-order chi connectivity index (χ0) is 22.5. The summed E-state index contributed by atoms with van der Waals surface area (Å²) in [6, 6.07) is 2.76. The van der Waals surface area contributed by atoms with Crippen molar-refractivity contribution in [2.75, 3.05) is 31.7 Å². The molecule has 0 radical (unpaired) electrons. The number of aliphatic imine (C=N–C) groups is 1. The van der Waals surface area contributed by atoms with Gasteiger partial charge in [0.15, 0.2) is 5.78 Å². The monoisotopic (exact) mass is 476 g/mol. The lowest BCUT2D eigenvalue weighted by atomic mass is 9.86. The van der Waals surface area contributed by atoms with Crippen LogP contribution in [0.5, 0.6) is 0 Å². The van der Waals surface area contributed by atoms with Gasteiger partial charge < -0.3 is 19.5 Å². The third kappa shape index (κ3) is 3.48. The van der Waals surface area contributed by atoms with Gasteiger partial charge in [0.25, 0.3) is 0 Å². The Morgan fingerprint density at radius 1 is 1.41 bits per heavy atom. The number of hydrogen-bond acceptors (Lipinski definition) is 7. The molecule has 0 saturated carbocycles. The zero-order valence-corrected chi connectivity index (χ0v) is 19.7. The highest BCUT2D eigenvalue weighted by Crippen LogP contribution is 2.44. The van der Waals surface area contributed by atoms with E-state index in [1.807, 2.05) is 10.8 Å². The van der Waals surface area contributed by atoms with Gasteiger partial charge in [-0.3, -0.25) is 9.79 Å². The SMILES string of the molecule is CSSCCOC(=O)NCn1c2c3c4c(cc(F)cc41)C(=O)CN=C3N1CCC[C@]1(C)C2. The molecule has 1 fully saturated rings. The Morgan fingerprint density at radius 2 is 2.25 bits per heavy atom. The number of nitrogens with one attached hydrogen (secondary N) is 1. The number of hydrogen-bond donors (Lipinski definition) is 1. The second-order valence-electron chi connectivity index (χ2n) is 8.55. The molecule has 2 aromatic rings. The number of Topliss-reactive ketones (excluding diaryl/α,β-unsaturated/α-hetero) is 1. The van der Waals surface area contributed by atoms with Crippen LogP contribution < -0.4 is 5.32 Å². The number of amidine groups is 1. The zero-order valence-electron chi connectivity index (χ0n) is 18.1. The summed E-state index contributed by atoms with van der Waals surface area (Å²) in [7, 11) is 3.24. The minimum Gasteiger partial charge on any atom is -0.449 e. The molecule has 1 aromatic carbocycles. The minimum absolute atomic E-state index is 0.0211. The Labute approximate surface area is 193 Å². The average molecular weight is 477 g/mol. The molecule has 0 unspecified atom stereocenters. The fourth-order valence-corrected chi connectivity index (χ4v) is 6.25. The van der Waals surface area contributed by atoms with Crippen LogP contribution in [0.3, 0.4) is 0 Å². The van der Waals surface area contributed by atoms with Gasteiger partial charge in [0.05, 0.1) is 12.2 Å². The van der Waals surface area contributed by atoms with Gasteiger partial charge in [0, 0.05) is 46.5 Å². The number of ether oxygens (including phenoxy) is 1. The van der Waals surface area contributed by atoms with Gasteiger partial charge in [-0.15, -0.1) is 0 Å². The fraction of sp³-hybridized carbons (Fsp3) is 0.500. The van der Waals surface area contributed by atoms with E-state index < -0.39 is 11.9 Å². The topological polar surface area (TPSA) is 75.9 Å². The number of nitrogens with zero attached hydrogens (tertiary/aromatic N) is 3. The quantitative estimate of drug-likeness (QED) is 0.505. The standard InChI is InChI=1S/C22H25FN4O3S2/c1-22-4-3-5-27(22)20-19-16(10-22)26(12-25-21(29)30-6-7-32-31-2)15-9-13(23)8-14(18(15)19)17(28)11-24-20/h8-9H,3-7,10-12H2,1-2H3,(H,25,29)/t22-/m1/s1. The van der Waals surface area contributed by atoms with E-state index in [1.165, 1.54) is 12.1 Å². The molecule has 1 N–H and O–H groups in total. The van der Waals surface area contributed by atoms with Gasteiger partial charge in [-0.25, -0.2) is 9.18 Å². The Bertz CT molecular complexity index is 1150. The van der Waals surface area contributed by atoms with E-state index in [9.17, 15) is 14.0 Å².